The van der Waals surface area contributed by atoms with Gasteiger partial charge in [0.05, 0.1) is 11.6 Å². The van der Waals surface area contributed by atoms with Crippen molar-refractivity contribution in [2.45, 2.75) is 44.2 Å². The maximum absolute atomic E-state index is 13.5. The molecule has 2 saturated heterocycles. The van der Waals surface area contributed by atoms with Crippen LogP contribution in [0.4, 0.5) is 9.18 Å². The van der Waals surface area contributed by atoms with Crippen LogP contribution in [0.15, 0.2) is 48.5 Å². The highest BCUT2D eigenvalue weighted by Crippen LogP contribution is 2.35. The molecule has 34 heavy (non-hydrogen) atoms. The Hall–Kier alpha value is -2.64. The fraction of sp³-hybridized carbons (Fsp3) is 0.462. The maximum atomic E-state index is 13.5. The van der Waals surface area contributed by atoms with Gasteiger partial charge in [-0.25, -0.2) is 9.18 Å². The van der Waals surface area contributed by atoms with Gasteiger partial charge < -0.3 is 19.3 Å². The highest BCUT2D eigenvalue weighted by molar-refractivity contribution is 6.30. The molecule has 8 heteroatoms. The summed E-state index contributed by atoms with van der Waals surface area (Å²) in [5, 5.41) is 0.625. The van der Waals surface area contributed by atoms with Crippen LogP contribution in [-0.4, -0.2) is 60.2 Å². The van der Waals surface area contributed by atoms with E-state index in [1.165, 1.54) is 29.2 Å². The van der Waals surface area contributed by atoms with E-state index in [2.05, 4.69) is 0 Å². The number of benzene rings is 2. The summed E-state index contributed by atoms with van der Waals surface area (Å²) >= 11 is 6.09. The van der Waals surface area contributed by atoms with E-state index in [0.717, 1.165) is 5.56 Å². The predicted octanol–water partition coefficient (Wildman–Crippen LogP) is 5.11. The van der Waals surface area contributed by atoms with E-state index in [4.69, 9.17) is 21.1 Å². The van der Waals surface area contributed by atoms with Gasteiger partial charge in [0.25, 0.3) is 0 Å². The smallest absolute Gasteiger partial charge is 0.410 e. The zero-order chi connectivity index (χ0) is 24.5. The van der Waals surface area contributed by atoms with Crippen molar-refractivity contribution in [3.05, 3.63) is 64.9 Å². The molecular formula is C26H30ClFN2O4. The summed E-state index contributed by atoms with van der Waals surface area (Å²) in [6.07, 6.45) is 0.801. The normalized spacial score (nSPS) is 24.0. The topological polar surface area (TPSA) is 59.1 Å². The van der Waals surface area contributed by atoms with Gasteiger partial charge in [0.2, 0.25) is 5.91 Å². The Bertz CT molecular complexity index is 1030. The number of amides is 2. The van der Waals surface area contributed by atoms with Crippen LogP contribution < -0.4 is 4.74 Å². The number of hydrogen-bond donors (Lipinski definition) is 0. The van der Waals surface area contributed by atoms with Gasteiger partial charge in [0, 0.05) is 43.6 Å². The first-order valence-electron chi connectivity index (χ1n) is 11.5. The van der Waals surface area contributed by atoms with Gasteiger partial charge >= 0.3 is 6.09 Å². The van der Waals surface area contributed by atoms with E-state index in [9.17, 15) is 14.0 Å². The first-order valence-corrected chi connectivity index (χ1v) is 11.9. The molecule has 2 aromatic carbocycles. The van der Waals surface area contributed by atoms with Gasteiger partial charge in [-0.15, -0.1) is 0 Å². The SMILES string of the molecule is CN(C(=O)Oc1ccc(F)cc1)[C@@H]1CN(C(=O)C2CCOC(C)(C)C2)C[C@H]1c1ccc(Cl)cc1. The third-order valence-corrected chi connectivity index (χ3v) is 7.00. The van der Waals surface area contributed by atoms with Crippen LogP contribution in [0, 0.1) is 11.7 Å². The molecule has 2 aromatic rings. The van der Waals surface area contributed by atoms with Gasteiger partial charge in [0.1, 0.15) is 11.6 Å². The summed E-state index contributed by atoms with van der Waals surface area (Å²) in [5.74, 6) is -0.253. The lowest BCUT2D eigenvalue weighted by molar-refractivity contribution is -0.144. The molecule has 2 aliphatic rings. The molecular weight excluding hydrogens is 459 g/mol. The Morgan fingerprint density at radius 1 is 1.12 bits per heavy atom. The number of likely N-dealkylation sites (tertiary alicyclic amines) is 1. The monoisotopic (exact) mass is 488 g/mol. The van der Waals surface area contributed by atoms with Gasteiger partial charge in [0.15, 0.2) is 0 Å². The molecule has 0 bridgehead atoms. The fourth-order valence-electron chi connectivity index (χ4n) is 4.91. The summed E-state index contributed by atoms with van der Waals surface area (Å²) in [7, 11) is 1.67. The maximum Gasteiger partial charge on any atom is 0.415 e. The highest BCUT2D eigenvalue weighted by atomic mass is 35.5. The van der Waals surface area contributed by atoms with Crippen LogP contribution in [0.1, 0.15) is 38.2 Å². The molecule has 0 N–H and O–H groups in total. The highest BCUT2D eigenvalue weighted by Gasteiger charge is 2.43. The number of likely N-dealkylation sites (N-methyl/N-ethyl adjacent to an activating group) is 1. The first-order chi connectivity index (χ1) is 16.1. The van der Waals surface area contributed by atoms with Gasteiger partial charge in [-0.1, -0.05) is 23.7 Å². The summed E-state index contributed by atoms with van der Waals surface area (Å²) < 4.78 is 24.5. The zero-order valence-electron chi connectivity index (χ0n) is 19.7. The number of ether oxygens (including phenoxy) is 2. The van der Waals surface area contributed by atoms with Crippen LogP contribution in [0.2, 0.25) is 5.02 Å². The predicted molar refractivity (Wildman–Crippen MR) is 128 cm³/mol. The lowest BCUT2D eigenvalue weighted by atomic mass is 9.87. The Balaban J connectivity index is 1.53. The molecule has 0 spiro atoms. The molecule has 182 valence electrons. The van der Waals surface area contributed by atoms with Crippen molar-refractivity contribution in [3.8, 4) is 5.75 Å². The van der Waals surface area contributed by atoms with Gasteiger partial charge in [-0.05, 0) is 68.7 Å². The van der Waals surface area contributed by atoms with Crippen LogP contribution in [0.25, 0.3) is 0 Å². The van der Waals surface area contributed by atoms with Gasteiger partial charge in [-0.2, -0.15) is 0 Å². The van der Waals surface area contributed by atoms with Crippen molar-refractivity contribution in [1.29, 1.82) is 0 Å². The Labute approximate surface area is 204 Å². The van der Waals surface area contributed by atoms with Crippen molar-refractivity contribution in [3.63, 3.8) is 0 Å². The summed E-state index contributed by atoms with van der Waals surface area (Å²) in [4.78, 5) is 29.8. The van der Waals surface area contributed by atoms with Crippen molar-refractivity contribution in [2.75, 3.05) is 26.7 Å². The van der Waals surface area contributed by atoms with Crippen molar-refractivity contribution >= 4 is 23.6 Å². The van der Waals surface area contributed by atoms with E-state index >= 15 is 0 Å². The average Bonchev–Trinajstić information content (AvgIpc) is 3.24. The quantitative estimate of drug-likeness (QED) is 0.600. The van der Waals surface area contributed by atoms with E-state index in [0.29, 0.717) is 37.6 Å². The van der Waals surface area contributed by atoms with Crippen molar-refractivity contribution in [2.24, 2.45) is 5.92 Å². The second kappa shape index (κ2) is 9.92. The number of carbonyl (C=O) groups is 2. The van der Waals surface area contributed by atoms with Gasteiger partial charge in [-0.3, -0.25) is 4.79 Å². The Morgan fingerprint density at radius 3 is 2.44 bits per heavy atom. The number of carbonyl (C=O) groups excluding carboxylic acids is 2. The summed E-state index contributed by atoms with van der Waals surface area (Å²) in [6.45, 7) is 5.48. The minimum absolute atomic E-state index is 0.0955. The van der Waals surface area contributed by atoms with E-state index in [-0.39, 0.29) is 35.1 Å². The number of halogens is 2. The molecule has 6 nitrogen and oxygen atoms in total. The summed E-state index contributed by atoms with van der Waals surface area (Å²) in [5.41, 5.74) is 0.668. The lowest BCUT2D eigenvalue weighted by Crippen LogP contribution is -2.45. The molecule has 0 radical (unpaired) electrons. The molecule has 0 saturated carbocycles. The minimum Gasteiger partial charge on any atom is -0.410 e. The zero-order valence-corrected chi connectivity index (χ0v) is 20.4. The molecule has 0 aromatic heterocycles. The molecule has 1 unspecified atom stereocenters. The second-order valence-corrected chi connectivity index (χ2v) is 10.1. The average molecular weight is 489 g/mol. The van der Waals surface area contributed by atoms with Crippen molar-refractivity contribution in [1.82, 2.24) is 9.80 Å². The third kappa shape index (κ3) is 5.53. The Kier molecular flexibility index (Phi) is 7.14. The number of rotatable bonds is 4. The standard InChI is InChI=1S/C26H30ClFN2O4/c1-26(2)14-18(12-13-33-26)24(31)30-15-22(17-4-6-19(27)7-5-17)23(16-30)29(3)25(32)34-21-10-8-20(28)9-11-21/h4-11,18,22-23H,12-16H2,1-3H3/t18?,22-,23+/m0/s1. The molecule has 3 atom stereocenters. The molecule has 2 aliphatic heterocycles. The molecule has 0 aliphatic carbocycles. The molecule has 2 amide bonds. The number of nitrogens with zero attached hydrogens (tertiary/aromatic N) is 2. The van der Waals surface area contributed by atoms with E-state index in [1.54, 1.807) is 7.05 Å². The van der Waals surface area contributed by atoms with E-state index in [1.807, 2.05) is 43.0 Å². The van der Waals surface area contributed by atoms with Crippen molar-refractivity contribution < 1.29 is 23.5 Å². The minimum atomic E-state index is -0.558. The van der Waals surface area contributed by atoms with Crippen LogP contribution in [0.3, 0.4) is 0 Å². The lowest BCUT2D eigenvalue weighted by Gasteiger charge is -2.36. The molecule has 2 fully saturated rings. The Morgan fingerprint density at radius 2 is 1.79 bits per heavy atom. The molecule has 4 rings (SSSR count). The van der Waals surface area contributed by atoms with E-state index < -0.39 is 11.9 Å². The van der Waals surface area contributed by atoms with Crippen LogP contribution in [0.5, 0.6) is 5.75 Å². The number of hydrogen-bond acceptors (Lipinski definition) is 4. The third-order valence-electron chi connectivity index (χ3n) is 6.75. The summed E-state index contributed by atoms with van der Waals surface area (Å²) in [6, 6.07) is 12.5. The van der Waals surface area contributed by atoms with Crippen LogP contribution in [-0.2, 0) is 9.53 Å². The first kappa shape index (κ1) is 24.5. The molecule has 2 heterocycles. The van der Waals surface area contributed by atoms with Crippen LogP contribution >= 0.6 is 11.6 Å². The second-order valence-electron chi connectivity index (χ2n) is 9.70. The largest absolute Gasteiger partial charge is 0.415 e. The fourth-order valence-corrected chi connectivity index (χ4v) is 5.03.